The number of nitrogens with zero attached hydrogens (tertiary/aromatic N) is 4. The Labute approximate surface area is 203 Å². The van der Waals surface area contributed by atoms with E-state index < -0.39 is 11.7 Å². The molecule has 1 aliphatic carbocycles. The highest BCUT2D eigenvalue weighted by Gasteiger charge is 2.48. The monoisotopic (exact) mass is 482 g/mol. The lowest BCUT2D eigenvalue weighted by Gasteiger charge is -2.25. The maximum absolute atomic E-state index is 15.6. The number of halogens is 2. The fourth-order valence-corrected chi connectivity index (χ4v) is 5.79. The number of aryl methyl sites for hydroxylation is 1. The van der Waals surface area contributed by atoms with Crippen molar-refractivity contribution < 1.29 is 9.18 Å². The van der Waals surface area contributed by atoms with E-state index in [1.54, 1.807) is 32.4 Å². The molecule has 1 amide bonds. The highest BCUT2D eigenvalue weighted by Crippen LogP contribution is 2.54. The number of fused-ring (bicyclic) bond motifs is 2. The largest absolute Gasteiger partial charge is 0.398 e. The number of anilines is 2. The number of hydrogen-bond donors (Lipinski definition) is 2. The SMILES string of the molecule is CCc1cnn([C@@H]2CC[C@]3(CNc4ncc(-c5ccc(N)c(C(=O)N(C)C)c5F)c(Cl)c43)C2)c1. The maximum Gasteiger partial charge on any atom is 0.258 e. The molecule has 2 aliphatic rings. The first-order chi connectivity index (χ1) is 16.3. The molecule has 5 rings (SSSR count). The van der Waals surface area contributed by atoms with E-state index in [2.05, 4.69) is 33.2 Å². The second-order valence-corrected chi connectivity index (χ2v) is 9.89. The van der Waals surface area contributed by atoms with Gasteiger partial charge in [-0.25, -0.2) is 9.37 Å². The van der Waals surface area contributed by atoms with Gasteiger partial charge in [0, 0.05) is 60.8 Å². The van der Waals surface area contributed by atoms with Crippen LogP contribution in [-0.2, 0) is 11.8 Å². The summed E-state index contributed by atoms with van der Waals surface area (Å²) in [5, 5.41) is 8.46. The van der Waals surface area contributed by atoms with Gasteiger partial charge in [0.05, 0.1) is 22.8 Å². The fourth-order valence-electron chi connectivity index (χ4n) is 5.35. The van der Waals surface area contributed by atoms with Crippen LogP contribution < -0.4 is 11.1 Å². The van der Waals surface area contributed by atoms with Gasteiger partial charge in [-0.05, 0) is 43.4 Å². The van der Waals surface area contributed by atoms with Crippen LogP contribution in [0.3, 0.4) is 0 Å². The first-order valence-electron chi connectivity index (χ1n) is 11.5. The van der Waals surface area contributed by atoms with E-state index >= 15 is 4.39 Å². The van der Waals surface area contributed by atoms with E-state index in [-0.39, 0.29) is 28.3 Å². The minimum atomic E-state index is -0.685. The normalized spacial score (nSPS) is 21.0. The van der Waals surface area contributed by atoms with Gasteiger partial charge in [0.25, 0.3) is 5.91 Å². The first-order valence-corrected chi connectivity index (χ1v) is 11.9. The van der Waals surface area contributed by atoms with Gasteiger partial charge in [-0.1, -0.05) is 18.5 Å². The van der Waals surface area contributed by atoms with Gasteiger partial charge in [0.15, 0.2) is 0 Å². The van der Waals surface area contributed by atoms with Crippen LogP contribution in [0.25, 0.3) is 11.1 Å². The number of pyridine rings is 1. The summed E-state index contributed by atoms with van der Waals surface area (Å²) in [6.07, 6.45) is 9.34. The number of aromatic nitrogens is 3. The second-order valence-electron chi connectivity index (χ2n) is 9.51. The molecule has 178 valence electrons. The van der Waals surface area contributed by atoms with Gasteiger partial charge in [-0.15, -0.1) is 0 Å². The van der Waals surface area contributed by atoms with Gasteiger partial charge in [-0.2, -0.15) is 5.10 Å². The third kappa shape index (κ3) is 3.43. The molecule has 1 aromatic carbocycles. The molecule has 0 unspecified atom stereocenters. The molecule has 3 heterocycles. The minimum Gasteiger partial charge on any atom is -0.398 e. The quantitative estimate of drug-likeness (QED) is 0.527. The molecule has 2 atom stereocenters. The van der Waals surface area contributed by atoms with Gasteiger partial charge in [0.1, 0.15) is 11.6 Å². The van der Waals surface area contributed by atoms with Crippen molar-refractivity contribution in [3.63, 3.8) is 0 Å². The molecule has 7 nitrogen and oxygen atoms in total. The zero-order valence-corrected chi connectivity index (χ0v) is 20.3. The lowest BCUT2D eigenvalue weighted by Crippen LogP contribution is -2.26. The summed E-state index contributed by atoms with van der Waals surface area (Å²) in [6.45, 7) is 2.85. The lowest BCUT2D eigenvalue weighted by molar-refractivity contribution is 0.0824. The lowest BCUT2D eigenvalue weighted by atomic mass is 9.80. The van der Waals surface area contributed by atoms with Gasteiger partial charge >= 0.3 is 0 Å². The standard InChI is InChI=1S/C25H28ClFN6O/c1-4-14-10-31-33(12-14)15-7-8-25(9-15)13-30-23-20(25)21(26)17(11-29-23)16-5-6-18(28)19(22(16)27)24(34)32(2)3/h5-6,10-12,15H,4,7-9,13,28H2,1-3H3,(H,29,30)/t15-,25-/m1/s1. The number of amides is 1. The number of hydrogen-bond acceptors (Lipinski definition) is 5. The summed E-state index contributed by atoms with van der Waals surface area (Å²) in [5.74, 6) is -0.440. The van der Waals surface area contributed by atoms with Crippen molar-refractivity contribution in [3.05, 3.63) is 58.3 Å². The smallest absolute Gasteiger partial charge is 0.258 e. The Morgan fingerprint density at radius 2 is 2.15 bits per heavy atom. The van der Waals surface area contributed by atoms with E-state index in [1.807, 2.05) is 6.20 Å². The Morgan fingerprint density at radius 3 is 2.85 bits per heavy atom. The van der Waals surface area contributed by atoms with Crippen LogP contribution in [0.4, 0.5) is 15.9 Å². The second kappa shape index (κ2) is 8.27. The number of carbonyl (C=O) groups is 1. The van der Waals surface area contributed by atoms with Crippen LogP contribution in [0.15, 0.2) is 30.7 Å². The molecule has 3 N–H and O–H groups in total. The highest BCUT2D eigenvalue weighted by atomic mass is 35.5. The van der Waals surface area contributed by atoms with Gasteiger partial charge < -0.3 is 16.0 Å². The van der Waals surface area contributed by atoms with Crippen molar-refractivity contribution in [1.29, 1.82) is 0 Å². The van der Waals surface area contributed by atoms with Crippen LogP contribution in [0.1, 0.15) is 53.7 Å². The number of nitrogens with one attached hydrogen (secondary N) is 1. The number of carbonyl (C=O) groups excluding carboxylic acids is 1. The molecule has 2 aromatic heterocycles. The van der Waals surface area contributed by atoms with Crippen molar-refractivity contribution >= 4 is 29.0 Å². The number of benzene rings is 1. The molecule has 1 aliphatic heterocycles. The summed E-state index contributed by atoms with van der Waals surface area (Å²) in [7, 11) is 3.12. The minimum absolute atomic E-state index is 0.0904. The first kappa shape index (κ1) is 22.7. The summed E-state index contributed by atoms with van der Waals surface area (Å²) < 4.78 is 17.7. The van der Waals surface area contributed by atoms with Crippen molar-refractivity contribution in [2.24, 2.45) is 0 Å². The van der Waals surface area contributed by atoms with Crippen LogP contribution in [-0.4, -0.2) is 46.2 Å². The molecule has 0 radical (unpaired) electrons. The van der Waals surface area contributed by atoms with E-state index in [1.165, 1.54) is 10.5 Å². The van der Waals surface area contributed by atoms with E-state index in [4.69, 9.17) is 17.3 Å². The average Bonchev–Trinajstić information content (AvgIpc) is 3.54. The third-order valence-electron chi connectivity index (χ3n) is 7.24. The van der Waals surface area contributed by atoms with E-state index in [0.717, 1.165) is 43.6 Å². The van der Waals surface area contributed by atoms with Crippen LogP contribution in [0, 0.1) is 5.82 Å². The van der Waals surface area contributed by atoms with E-state index in [0.29, 0.717) is 10.6 Å². The fraction of sp³-hybridized carbons (Fsp3) is 0.400. The van der Waals surface area contributed by atoms with Crippen molar-refractivity contribution in [2.75, 3.05) is 31.7 Å². The Balaban J connectivity index is 1.56. The summed E-state index contributed by atoms with van der Waals surface area (Å²) in [5.41, 5.74) is 8.51. The highest BCUT2D eigenvalue weighted by molar-refractivity contribution is 6.34. The number of nitrogen functional groups attached to an aromatic ring is 1. The molecule has 1 saturated carbocycles. The molecule has 1 fully saturated rings. The van der Waals surface area contributed by atoms with Crippen LogP contribution in [0.2, 0.25) is 5.02 Å². The topological polar surface area (TPSA) is 89.1 Å². The zero-order valence-electron chi connectivity index (χ0n) is 19.5. The van der Waals surface area contributed by atoms with Crippen molar-refractivity contribution in [1.82, 2.24) is 19.7 Å². The molecule has 3 aromatic rings. The van der Waals surface area contributed by atoms with E-state index in [9.17, 15) is 4.79 Å². The van der Waals surface area contributed by atoms with Crippen molar-refractivity contribution in [3.8, 4) is 11.1 Å². The Kier molecular flexibility index (Phi) is 5.51. The zero-order chi connectivity index (χ0) is 24.2. The Bertz CT molecular complexity index is 1290. The predicted molar refractivity (Wildman–Crippen MR) is 132 cm³/mol. The Hall–Kier alpha value is -3.13. The van der Waals surface area contributed by atoms with Crippen LogP contribution >= 0.6 is 11.6 Å². The van der Waals surface area contributed by atoms with Crippen LogP contribution in [0.5, 0.6) is 0 Å². The van der Waals surface area contributed by atoms with Gasteiger partial charge in [0.2, 0.25) is 0 Å². The average molecular weight is 483 g/mol. The predicted octanol–water partition coefficient (Wildman–Crippen LogP) is 4.67. The molecular weight excluding hydrogens is 455 g/mol. The Morgan fingerprint density at radius 1 is 1.35 bits per heavy atom. The summed E-state index contributed by atoms with van der Waals surface area (Å²) in [4.78, 5) is 18.5. The molecular formula is C25H28ClFN6O. The maximum atomic E-state index is 15.6. The van der Waals surface area contributed by atoms with Crippen molar-refractivity contribution in [2.45, 2.75) is 44.1 Å². The molecule has 0 bridgehead atoms. The number of nitrogens with two attached hydrogens (primary N) is 1. The molecule has 34 heavy (non-hydrogen) atoms. The summed E-state index contributed by atoms with van der Waals surface area (Å²) >= 11 is 6.99. The number of rotatable bonds is 4. The molecule has 1 spiro atoms. The third-order valence-corrected chi connectivity index (χ3v) is 7.64. The molecule has 9 heteroatoms. The summed E-state index contributed by atoms with van der Waals surface area (Å²) in [6, 6.07) is 3.38. The molecule has 0 saturated heterocycles. The van der Waals surface area contributed by atoms with Gasteiger partial charge in [-0.3, -0.25) is 9.48 Å².